The van der Waals surface area contributed by atoms with E-state index in [2.05, 4.69) is 21.5 Å². The van der Waals surface area contributed by atoms with Gasteiger partial charge in [0.25, 0.3) is 0 Å². The second kappa shape index (κ2) is 9.95. The minimum absolute atomic E-state index is 0. The molecule has 0 bridgehead atoms. The Labute approximate surface area is 136 Å². The summed E-state index contributed by atoms with van der Waals surface area (Å²) in [6.07, 6.45) is 1.84. The van der Waals surface area contributed by atoms with E-state index >= 15 is 0 Å². The SMILES string of the molecule is C=C[C@@H](c1cccc(OC(F)F)c1)N1CCNCC1.Cl.Cl. The predicted molar refractivity (Wildman–Crippen MR) is 85.0 cm³/mol. The van der Waals surface area contributed by atoms with Crippen molar-refractivity contribution >= 4 is 24.8 Å². The van der Waals surface area contributed by atoms with Gasteiger partial charge in [0, 0.05) is 26.2 Å². The van der Waals surface area contributed by atoms with Crippen LogP contribution in [0.5, 0.6) is 5.75 Å². The molecule has 0 unspecified atom stereocenters. The first-order chi connectivity index (χ1) is 9.20. The van der Waals surface area contributed by atoms with Gasteiger partial charge in [-0.15, -0.1) is 31.4 Å². The van der Waals surface area contributed by atoms with E-state index in [1.54, 1.807) is 12.1 Å². The van der Waals surface area contributed by atoms with Crippen LogP contribution in [-0.2, 0) is 0 Å². The highest BCUT2D eigenvalue weighted by Crippen LogP contribution is 2.26. The molecule has 0 radical (unpaired) electrons. The molecule has 1 heterocycles. The van der Waals surface area contributed by atoms with Crippen molar-refractivity contribution in [1.29, 1.82) is 0 Å². The van der Waals surface area contributed by atoms with E-state index < -0.39 is 6.61 Å². The molecule has 0 aromatic heterocycles. The molecule has 1 atom stereocenters. The van der Waals surface area contributed by atoms with Crippen molar-refractivity contribution < 1.29 is 13.5 Å². The van der Waals surface area contributed by atoms with Crippen molar-refractivity contribution in [2.24, 2.45) is 0 Å². The summed E-state index contributed by atoms with van der Waals surface area (Å²) in [7, 11) is 0. The molecule has 0 aliphatic carbocycles. The van der Waals surface area contributed by atoms with E-state index in [1.165, 1.54) is 6.07 Å². The Bertz CT molecular complexity index is 429. The zero-order valence-corrected chi connectivity index (χ0v) is 13.1. The maximum Gasteiger partial charge on any atom is 0.387 e. The molecule has 1 saturated heterocycles. The predicted octanol–water partition coefficient (Wildman–Crippen LogP) is 3.26. The molecule has 1 aromatic rings. The Morgan fingerprint density at radius 1 is 1.24 bits per heavy atom. The highest BCUT2D eigenvalue weighted by atomic mass is 35.5. The first-order valence-electron chi connectivity index (χ1n) is 6.33. The van der Waals surface area contributed by atoms with Crippen LogP contribution in [0.1, 0.15) is 11.6 Å². The third kappa shape index (κ3) is 5.79. The molecule has 1 aromatic carbocycles. The Hall–Kier alpha value is -0.880. The summed E-state index contributed by atoms with van der Waals surface area (Å²) in [5.74, 6) is 0.189. The number of alkyl halides is 2. The van der Waals surface area contributed by atoms with Crippen LogP contribution < -0.4 is 10.1 Å². The zero-order valence-electron chi connectivity index (χ0n) is 11.5. The number of ether oxygens (including phenoxy) is 1. The number of nitrogens with zero attached hydrogens (tertiary/aromatic N) is 1. The highest BCUT2D eigenvalue weighted by Gasteiger charge is 2.19. The van der Waals surface area contributed by atoms with Crippen LogP contribution in [0, 0.1) is 0 Å². The molecule has 7 heteroatoms. The van der Waals surface area contributed by atoms with E-state index in [-0.39, 0.29) is 36.6 Å². The van der Waals surface area contributed by atoms with Crippen molar-refractivity contribution in [2.75, 3.05) is 26.2 Å². The smallest absolute Gasteiger partial charge is 0.387 e. The molecule has 3 nitrogen and oxygen atoms in total. The Morgan fingerprint density at radius 2 is 1.90 bits per heavy atom. The molecule has 2 rings (SSSR count). The summed E-state index contributed by atoms with van der Waals surface area (Å²) in [5.41, 5.74) is 0.926. The van der Waals surface area contributed by atoms with Crippen molar-refractivity contribution in [3.8, 4) is 5.75 Å². The quantitative estimate of drug-likeness (QED) is 0.832. The summed E-state index contributed by atoms with van der Waals surface area (Å²) < 4.78 is 28.9. The summed E-state index contributed by atoms with van der Waals surface area (Å²) in [4.78, 5) is 2.27. The van der Waals surface area contributed by atoms with Crippen LogP contribution in [0.2, 0.25) is 0 Å². The van der Waals surface area contributed by atoms with Gasteiger partial charge >= 0.3 is 6.61 Å². The third-order valence-electron chi connectivity index (χ3n) is 3.19. The topological polar surface area (TPSA) is 24.5 Å². The van der Waals surface area contributed by atoms with Crippen molar-refractivity contribution in [3.05, 3.63) is 42.5 Å². The van der Waals surface area contributed by atoms with Gasteiger partial charge in [-0.05, 0) is 17.7 Å². The van der Waals surface area contributed by atoms with Gasteiger partial charge in [-0.1, -0.05) is 18.2 Å². The fraction of sp³-hybridized carbons (Fsp3) is 0.429. The largest absolute Gasteiger partial charge is 0.435 e. The van der Waals surface area contributed by atoms with Gasteiger partial charge in [0.15, 0.2) is 0 Å². The Balaban J connectivity index is 0.00000200. The average molecular weight is 341 g/mol. The number of hydrogen-bond donors (Lipinski definition) is 1. The first-order valence-corrected chi connectivity index (χ1v) is 6.33. The van der Waals surface area contributed by atoms with E-state index in [1.807, 2.05) is 12.1 Å². The lowest BCUT2D eigenvalue weighted by Gasteiger charge is -2.33. The number of nitrogens with one attached hydrogen (secondary N) is 1. The maximum atomic E-state index is 12.2. The van der Waals surface area contributed by atoms with Crippen LogP contribution in [0.25, 0.3) is 0 Å². The fourth-order valence-electron chi connectivity index (χ4n) is 2.33. The zero-order chi connectivity index (χ0) is 13.7. The molecular formula is C14H20Cl2F2N2O. The lowest BCUT2D eigenvalue weighted by atomic mass is 10.0. The third-order valence-corrected chi connectivity index (χ3v) is 3.19. The molecule has 0 spiro atoms. The van der Waals surface area contributed by atoms with Crippen LogP contribution >= 0.6 is 24.8 Å². The normalized spacial score (nSPS) is 16.5. The van der Waals surface area contributed by atoms with Gasteiger partial charge in [-0.25, -0.2) is 0 Å². The van der Waals surface area contributed by atoms with Crippen molar-refractivity contribution in [3.63, 3.8) is 0 Å². The fourth-order valence-corrected chi connectivity index (χ4v) is 2.33. The summed E-state index contributed by atoms with van der Waals surface area (Å²) >= 11 is 0. The number of halogens is 4. The lowest BCUT2D eigenvalue weighted by Crippen LogP contribution is -2.44. The minimum atomic E-state index is -2.79. The van der Waals surface area contributed by atoms with E-state index in [4.69, 9.17) is 0 Å². The van der Waals surface area contributed by atoms with E-state index in [0.29, 0.717) is 0 Å². The van der Waals surface area contributed by atoms with E-state index in [0.717, 1.165) is 31.7 Å². The molecule has 0 saturated carbocycles. The maximum absolute atomic E-state index is 12.2. The van der Waals surface area contributed by atoms with Gasteiger partial charge in [0.2, 0.25) is 0 Å². The summed E-state index contributed by atoms with van der Waals surface area (Å²) in [5, 5.41) is 3.28. The molecule has 1 fully saturated rings. The van der Waals surface area contributed by atoms with Gasteiger partial charge < -0.3 is 10.1 Å². The number of rotatable bonds is 5. The Kier molecular flexibility index (Phi) is 9.53. The lowest BCUT2D eigenvalue weighted by molar-refractivity contribution is -0.0499. The van der Waals surface area contributed by atoms with Gasteiger partial charge in [-0.2, -0.15) is 8.78 Å². The monoisotopic (exact) mass is 340 g/mol. The van der Waals surface area contributed by atoms with Crippen molar-refractivity contribution in [1.82, 2.24) is 10.2 Å². The van der Waals surface area contributed by atoms with Gasteiger partial charge in [-0.3, -0.25) is 4.90 Å². The number of benzene rings is 1. The molecule has 1 aliphatic heterocycles. The van der Waals surface area contributed by atoms with Crippen LogP contribution in [-0.4, -0.2) is 37.7 Å². The molecule has 120 valence electrons. The molecule has 21 heavy (non-hydrogen) atoms. The average Bonchev–Trinajstić information content (AvgIpc) is 2.40. The van der Waals surface area contributed by atoms with Gasteiger partial charge in [0.1, 0.15) is 5.75 Å². The van der Waals surface area contributed by atoms with Crippen LogP contribution in [0.4, 0.5) is 8.78 Å². The standard InChI is InChI=1S/C14H18F2N2O.2ClH/c1-2-13(18-8-6-17-7-9-18)11-4-3-5-12(10-11)19-14(15)16;;/h2-5,10,13-14,17H,1,6-9H2;2*1H/t13-;;/m0../s1. The highest BCUT2D eigenvalue weighted by molar-refractivity contribution is 5.85. The molecule has 0 amide bonds. The Morgan fingerprint density at radius 3 is 2.48 bits per heavy atom. The second-order valence-electron chi connectivity index (χ2n) is 4.42. The molecule has 1 aliphatic rings. The van der Waals surface area contributed by atoms with Crippen LogP contribution in [0.3, 0.4) is 0 Å². The van der Waals surface area contributed by atoms with Crippen LogP contribution in [0.15, 0.2) is 36.9 Å². The van der Waals surface area contributed by atoms with Crippen molar-refractivity contribution in [2.45, 2.75) is 12.7 Å². The number of hydrogen-bond acceptors (Lipinski definition) is 3. The summed E-state index contributed by atoms with van der Waals surface area (Å²) in [6.45, 7) is 4.74. The second-order valence-corrected chi connectivity index (χ2v) is 4.42. The van der Waals surface area contributed by atoms with Gasteiger partial charge in [0.05, 0.1) is 6.04 Å². The number of piperazine rings is 1. The molecular weight excluding hydrogens is 321 g/mol. The minimum Gasteiger partial charge on any atom is -0.435 e. The molecule has 1 N–H and O–H groups in total. The summed E-state index contributed by atoms with van der Waals surface area (Å²) in [6, 6.07) is 6.86. The van der Waals surface area contributed by atoms with E-state index in [9.17, 15) is 8.78 Å². The first kappa shape index (κ1) is 20.1.